The Hall–Kier alpha value is -1.34. The van der Waals surface area contributed by atoms with Gasteiger partial charge in [0.2, 0.25) is 10.0 Å². The van der Waals surface area contributed by atoms with E-state index in [0.29, 0.717) is 5.69 Å². The molecule has 0 aliphatic heterocycles. The monoisotopic (exact) mass is 232 g/mol. The van der Waals surface area contributed by atoms with Gasteiger partial charge in [0.05, 0.1) is 6.26 Å². The van der Waals surface area contributed by atoms with Crippen LogP contribution >= 0.6 is 0 Å². The molecule has 84 valence electrons. The molecule has 1 unspecified atom stereocenters. The summed E-state index contributed by atoms with van der Waals surface area (Å²) in [6, 6.07) is 1.97. The normalized spacial score (nSPS) is 13.7. The summed E-state index contributed by atoms with van der Waals surface area (Å²) >= 11 is 0. The summed E-state index contributed by atoms with van der Waals surface area (Å²) in [6.45, 7) is 0. The van der Waals surface area contributed by atoms with Crippen LogP contribution in [0, 0.1) is 0 Å². The first-order valence-electron chi connectivity index (χ1n) is 4.17. The van der Waals surface area contributed by atoms with Crippen molar-refractivity contribution in [3.05, 3.63) is 24.0 Å². The summed E-state index contributed by atoms with van der Waals surface area (Å²) in [5.74, 6) is -1.16. The van der Waals surface area contributed by atoms with Gasteiger partial charge in [-0.15, -0.1) is 0 Å². The molecule has 0 fully saturated rings. The molecule has 1 rings (SSSR count). The lowest BCUT2D eigenvalue weighted by atomic mass is 10.2. The molecule has 1 atom stereocenters. The number of carboxylic acid groups (broad SMARTS) is 1. The van der Waals surface area contributed by atoms with Gasteiger partial charge in [-0.05, 0) is 12.1 Å². The highest BCUT2D eigenvalue weighted by molar-refractivity contribution is 7.89. The third-order valence-corrected chi connectivity index (χ3v) is 2.97. The maximum absolute atomic E-state index is 11.2. The number of aromatic nitrogens is 1. The molecule has 0 saturated carbocycles. The van der Waals surface area contributed by atoms with Crippen LogP contribution in [0.1, 0.15) is 5.69 Å². The van der Waals surface area contributed by atoms with E-state index in [2.05, 4.69) is 0 Å². The Morgan fingerprint density at radius 2 is 2.27 bits per heavy atom. The van der Waals surface area contributed by atoms with Gasteiger partial charge in [-0.1, -0.05) is 0 Å². The van der Waals surface area contributed by atoms with Crippen LogP contribution in [0.5, 0.6) is 0 Å². The third kappa shape index (κ3) is 2.80. The average molecular weight is 232 g/mol. The van der Waals surface area contributed by atoms with Crippen LogP contribution in [0.4, 0.5) is 0 Å². The Kier molecular flexibility index (Phi) is 3.15. The predicted molar refractivity (Wildman–Crippen MR) is 54.0 cm³/mol. The first kappa shape index (κ1) is 11.7. The highest BCUT2D eigenvalue weighted by atomic mass is 32.2. The number of aliphatic carboxylic acids is 1. The summed E-state index contributed by atoms with van der Waals surface area (Å²) in [7, 11) is -3.39. The van der Waals surface area contributed by atoms with Crippen LogP contribution in [0.2, 0.25) is 0 Å². The van der Waals surface area contributed by atoms with Crippen molar-refractivity contribution in [1.29, 1.82) is 0 Å². The molecule has 0 aromatic carbocycles. The molecular formula is C8H12N2O4S. The van der Waals surface area contributed by atoms with E-state index in [-0.39, 0.29) is 6.42 Å². The maximum atomic E-state index is 11.2. The largest absolute Gasteiger partial charge is 0.480 e. The standard InChI is InChI=1S/C8H12N2O4S/c1-15(13,14)10-4-2-3-6(10)5-7(9)8(11)12/h2-4,7H,5,9H2,1H3,(H,11,12). The van der Waals surface area contributed by atoms with E-state index in [1.54, 1.807) is 0 Å². The molecule has 1 aromatic rings. The lowest BCUT2D eigenvalue weighted by Gasteiger charge is -2.09. The second-order valence-corrected chi connectivity index (χ2v) is 5.07. The molecule has 6 nitrogen and oxygen atoms in total. The Balaban J connectivity index is 2.98. The highest BCUT2D eigenvalue weighted by Crippen LogP contribution is 2.07. The number of carbonyl (C=O) groups is 1. The summed E-state index contributed by atoms with van der Waals surface area (Å²) < 4.78 is 23.5. The number of rotatable bonds is 4. The van der Waals surface area contributed by atoms with Crippen LogP contribution in [0.3, 0.4) is 0 Å². The first-order valence-corrected chi connectivity index (χ1v) is 6.02. The van der Waals surface area contributed by atoms with Crippen LogP contribution in [0.15, 0.2) is 18.3 Å². The molecule has 0 amide bonds. The zero-order valence-electron chi connectivity index (χ0n) is 8.12. The fourth-order valence-electron chi connectivity index (χ4n) is 1.20. The number of nitrogens with zero attached hydrogens (tertiary/aromatic N) is 1. The molecule has 7 heteroatoms. The van der Waals surface area contributed by atoms with E-state index in [9.17, 15) is 13.2 Å². The van der Waals surface area contributed by atoms with Crippen molar-refractivity contribution in [3.8, 4) is 0 Å². The minimum Gasteiger partial charge on any atom is -0.480 e. The molecule has 3 N–H and O–H groups in total. The molecule has 1 aromatic heterocycles. The van der Waals surface area contributed by atoms with Crippen molar-refractivity contribution in [3.63, 3.8) is 0 Å². The average Bonchev–Trinajstić information content (AvgIpc) is 2.50. The van der Waals surface area contributed by atoms with Gasteiger partial charge in [0, 0.05) is 18.3 Å². The van der Waals surface area contributed by atoms with Gasteiger partial charge in [0.1, 0.15) is 6.04 Å². The second kappa shape index (κ2) is 4.03. The van der Waals surface area contributed by atoms with Gasteiger partial charge in [-0.25, -0.2) is 12.4 Å². The fraction of sp³-hybridized carbons (Fsp3) is 0.375. The van der Waals surface area contributed by atoms with Crippen molar-refractivity contribution < 1.29 is 18.3 Å². The number of hydrogen-bond donors (Lipinski definition) is 2. The van der Waals surface area contributed by atoms with Crippen LogP contribution < -0.4 is 5.73 Å². The van der Waals surface area contributed by atoms with E-state index in [1.165, 1.54) is 18.3 Å². The smallest absolute Gasteiger partial charge is 0.320 e. The zero-order chi connectivity index (χ0) is 11.6. The van der Waals surface area contributed by atoms with Crippen molar-refractivity contribution in [2.75, 3.05) is 6.26 Å². The number of nitrogens with two attached hydrogens (primary N) is 1. The van der Waals surface area contributed by atoms with Crippen LogP contribution in [-0.4, -0.2) is 35.8 Å². The van der Waals surface area contributed by atoms with Crippen molar-refractivity contribution in [2.45, 2.75) is 12.5 Å². The molecule has 0 aliphatic rings. The number of hydrogen-bond acceptors (Lipinski definition) is 4. The number of carboxylic acids is 1. The maximum Gasteiger partial charge on any atom is 0.320 e. The summed E-state index contributed by atoms with van der Waals surface area (Å²) in [6.07, 6.45) is 2.39. The summed E-state index contributed by atoms with van der Waals surface area (Å²) in [5, 5.41) is 8.59. The molecule has 15 heavy (non-hydrogen) atoms. The van der Waals surface area contributed by atoms with Gasteiger partial charge in [0.25, 0.3) is 0 Å². The minimum atomic E-state index is -3.39. The molecular weight excluding hydrogens is 220 g/mol. The Bertz CT molecular complexity index is 463. The van der Waals surface area contributed by atoms with E-state index < -0.39 is 22.0 Å². The first-order chi connectivity index (χ1) is 6.82. The quantitative estimate of drug-likeness (QED) is 0.711. The van der Waals surface area contributed by atoms with Crippen LogP contribution in [-0.2, 0) is 21.2 Å². The van der Waals surface area contributed by atoms with Crippen molar-refractivity contribution in [2.24, 2.45) is 5.73 Å². The van der Waals surface area contributed by atoms with Crippen molar-refractivity contribution in [1.82, 2.24) is 3.97 Å². The van der Waals surface area contributed by atoms with Gasteiger partial charge in [0.15, 0.2) is 0 Å². The molecule has 0 bridgehead atoms. The minimum absolute atomic E-state index is 0.0184. The lowest BCUT2D eigenvalue weighted by molar-refractivity contribution is -0.138. The molecule has 0 aliphatic carbocycles. The summed E-state index contributed by atoms with van der Waals surface area (Å²) in [5.41, 5.74) is 5.68. The summed E-state index contributed by atoms with van der Waals surface area (Å²) in [4.78, 5) is 10.5. The zero-order valence-corrected chi connectivity index (χ0v) is 8.94. The Labute approximate surface area is 87.4 Å². The Morgan fingerprint density at radius 1 is 1.67 bits per heavy atom. The lowest BCUT2D eigenvalue weighted by Crippen LogP contribution is -2.33. The van der Waals surface area contributed by atoms with E-state index in [4.69, 9.17) is 10.8 Å². The van der Waals surface area contributed by atoms with E-state index >= 15 is 0 Å². The topological polar surface area (TPSA) is 102 Å². The highest BCUT2D eigenvalue weighted by Gasteiger charge is 2.17. The SMILES string of the molecule is CS(=O)(=O)n1cccc1CC(N)C(=O)O. The van der Waals surface area contributed by atoms with Gasteiger partial charge in [-0.3, -0.25) is 4.79 Å². The molecule has 0 spiro atoms. The van der Waals surface area contributed by atoms with E-state index in [1.807, 2.05) is 0 Å². The predicted octanol–water partition coefficient (Wildman–Crippen LogP) is -0.750. The van der Waals surface area contributed by atoms with Crippen molar-refractivity contribution >= 4 is 16.0 Å². The van der Waals surface area contributed by atoms with Gasteiger partial charge in [-0.2, -0.15) is 0 Å². The Morgan fingerprint density at radius 3 is 2.73 bits per heavy atom. The van der Waals surface area contributed by atoms with Gasteiger partial charge >= 0.3 is 5.97 Å². The second-order valence-electron chi connectivity index (χ2n) is 3.21. The van der Waals surface area contributed by atoms with E-state index in [0.717, 1.165) is 10.2 Å². The molecule has 0 saturated heterocycles. The molecule has 1 heterocycles. The van der Waals surface area contributed by atoms with Crippen LogP contribution in [0.25, 0.3) is 0 Å². The molecule has 0 radical (unpaired) electrons. The third-order valence-electron chi connectivity index (χ3n) is 1.90. The fourth-order valence-corrected chi connectivity index (χ4v) is 2.05. The van der Waals surface area contributed by atoms with Gasteiger partial charge < -0.3 is 10.8 Å².